The summed E-state index contributed by atoms with van der Waals surface area (Å²) in [5, 5.41) is 0. The molecule has 2 atom stereocenters. The number of ether oxygens (including phenoxy) is 3. The van der Waals surface area contributed by atoms with Gasteiger partial charge in [0, 0.05) is 0 Å². The van der Waals surface area contributed by atoms with E-state index >= 15 is 0 Å². The molecular weight excluding hydrogens is 188 g/mol. The Bertz CT molecular complexity index is 258. The fourth-order valence-corrected chi connectivity index (χ4v) is 1.35. The molecule has 0 aromatic carbocycles. The van der Waals surface area contributed by atoms with Crippen molar-refractivity contribution in [2.24, 2.45) is 0 Å². The van der Waals surface area contributed by atoms with Crippen molar-refractivity contribution < 1.29 is 23.8 Å². The van der Waals surface area contributed by atoms with Crippen molar-refractivity contribution in [1.29, 1.82) is 0 Å². The van der Waals surface area contributed by atoms with Crippen LogP contribution >= 0.6 is 0 Å². The van der Waals surface area contributed by atoms with Crippen LogP contribution in [0.5, 0.6) is 0 Å². The Morgan fingerprint density at radius 2 is 1.71 bits per heavy atom. The molecule has 0 bridgehead atoms. The number of carbonyl (C=O) groups is 2. The summed E-state index contributed by atoms with van der Waals surface area (Å²) in [5.74, 6) is -1.75. The minimum Gasteiger partial charge on any atom is -0.467 e. The maximum Gasteiger partial charge on any atom is 0.338 e. The molecule has 0 amide bonds. The zero-order valence-electron chi connectivity index (χ0n) is 8.70. The van der Waals surface area contributed by atoms with E-state index in [1.54, 1.807) is 13.8 Å². The van der Waals surface area contributed by atoms with Gasteiger partial charge >= 0.3 is 5.97 Å². The first-order chi connectivity index (χ1) is 6.37. The topological polar surface area (TPSA) is 61.8 Å². The molecule has 80 valence electrons. The third-order valence-corrected chi connectivity index (χ3v) is 1.93. The summed E-state index contributed by atoms with van der Waals surface area (Å²) in [7, 11) is 1.24. The van der Waals surface area contributed by atoms with E-state index in [2.05, 4.69) is 4.74 Å². The number of hydrogen-bond donors (Lipinski definition) is 0. The van der Waals surface area contributed by atoms with E-state index < -0.39 is 24.0 Å². The SMILES string of the molecule is COC(=O)C1OC(C)(C)OC1C(C)=O. The van der Waals surface area contributed by atoms with Crippen molar-refractivity contribution in [2.45, 2.75) is 38.8 Å². The van der Waals surface area contributed by atoms with Crippen LogP contribution in [0.3, 0.4) is 0 Å². The Morgan fingerprint density at radius 3 is 2.14 bits per heavy atom. The molecule has 0 aromatic rings. The second-order valence-electron chi connectivity index (χ2n) is 3.61. The lowest BCUT2D eigenvalue weighted by atomic mass is 10.1. The molecule has 0 aliphatic carbocycles. The highest BCUT2D eigenvalue weighted by atomic mass is 16.8. The van der Waals surface area contributed by atoms with Crippen molar-refractivity contribution in [3.8, 4) is 0 Å². The minimum absolute atomic E-state index is 0.244. The van der Waals surface area contributed by atoms with E-state index in [4.69, 9.17) is 9.47 Å². The van der Waals surface area contributed by atoms with Gasteiger partial charge in [0.2, 0.25) is 0 Å². The van der Waals surface area contributed by atoms with E-state index in [0.29, 0.717) is 0 Å². The maximum absolute atomic E-state index is 11.2. The van der Waals surface area contributed by atoms with Crippen molar-refractivity contribution in [3.05, 3.63) is 0 Å². The third kappa shape index (κ3) is 2.10. The van der Waals surface area contributed by atoms with E-state index in [9.17, 15) is 9.59 Å². The summed E-state index contributed by atoms with van der Waals surface area (Å²) in [6.45, 7) is 4.64. The van der Waals surface area contributed by atoms with Crippen LogP contribution in [0.2, 0.25) is 0 Å². The van der Waals surface area contributed by atoms with Crippen LogP contribution in [0.1, 0.15) is 20.8 Å². The summed E-state index contributed by atoms with van der Waals surface area (Å²) in [6.07, 6.45) is -1.81. The molecule has 0 saturated carbocycles. The van der Waals surface area contributed by atoms with Gasteiger partial charge in [-0.25, -0.2) is 4.79 Å². The van der Waals surface area contributed by atoms with Gasteiger partial charge in [-0.1, -0.05) is 0 Å². The second kappa shape index (κ2) is 3.67. The monoisotopic (exact) mass is 202 g/mol. The van der Waals surface area contributed by atoms with Gasteiger partial charge in [-0.05, 0) is 20.8 Å². The smallest absolute Gasteiger partial charge is 0.338 e. The number of hydrogen-bond acceptors (Lipinski definition) is 5. The Kier molecular flexibility index (Phi) is 2.92. The van der Waals surface area contributed by atoms with Gasteiger partial charge in [-0.3, -0.25) is 4.79 Å². The average Bonchev–Trinajstić information content (AvgIpc) is 2.40. The molecule has 5 heteroatoms. The molecule has 1 aliphatic heterocycles. The number of Topliss-reactive ketones (excluding diaryl/α,β-unsaturated/α-hetero) is 1. The van der Waals surface area contributed by atoms with E-state index in [0.717, 1.165) is 0 Å². The molecule has 0 spiro atoms. The quantitative estimate of drug-likeness (QED) is 0.601. The van der Waals surface area contributed by atoms with Crippen LogP contribution in [0.4, 0.5) is 0 Å². The molecular formula is C9H14O5. The Hall–Kier alpha value is -0.940. The number of rotatable bonds is 2. The number of methoxy groups -OCH3 is 1. The number of carbonyl (C=O) groups excluding carboxylic acids is 2. The van der Waals surface area contributed by atoms with Gasteiger partial charge in [0.05, 0.1) is 7.11 Å². The van der Waals surface area contributed by atoms with Gasteiger partial charge in [0.15, 0.2) is 23.8 Å². The molecule has 1 heterocycles. The second-order valence-corrected chi connectivity index (χ2v) is 3.61. The zero-order valence-corrected chi connectivity index (χ0v) is 8.70. The van der Waals surface area contributed by atoms with Crippen molar-refractivity contribution in [1.82, 2.24) is 0 Å². The summed E-state index contributed by atoms with van der Waals surface area (Å²) in [5.41, 5.74) is 0. The largest absolute Gasteiger partial charge is 0.467 e. The molecule has 0 aromatic heterocycles. The van der Waals surface area contributed by atoms with E-state index in [-0.39, 0.29) is 5.78 Å². The molecule has 0 radical (unpaired) electrons. The van der Waals surface area contributed by atoms with Gasteiger partial charge < -0.3 is 14.2 Å². The summed E-state index contributed by atoms with van der Waals surface area (Å²) >= 11 is 0. The van der Waals surface area contributed by atoms with Crippen LogP contribution < -0.4 is 0 Å². The third-order valence-electron chi connectivity index (χ3n) is 1.93. The van der Waals surface area contributed by atoms with Crippen LogP contribution in [-0.4, -0.2) is 36.9 Å². The molecule has 14 heavy (non-hydrogen) atoms. The normalized spacial score (nSPS) is 30.0. The number of ketones is 1. The first-order valence-electron chi connectivity index (χ1n) is 4.31. The molecule has 5 nitrogen and oxygen atoms in total. The summed E-state index contributed by atoms with van der Waals surface area (Å²) < 4.78 is 15.0. The molecule has 0 N–H and O–H groups in total. The molecule has 1 rings (SSSR count). The average molecular weight is 202 g/mol. The Balaban J connectivity index is 2.83. The fraction of sp³-hybridized carbons (Fsp3) is 0.778. The van der Waals surface area contributed by atoms with E-state index in [1.165, 1.54) is 14.0 Å². The Labute approximate surface area is 82.3 Å². The van der Waals surface area contributed by atoms with Crippen molar-refractivity contribution in [2.75, 3.05) is 7.11 Å². The maximum atomic E-state index is 11.2. The standard InChI is InChI=1S/C9H14O5/c1-5(10)6-7(8(11)12-4)14-9(2,3)13-6/h6-7H,1-4H3. The zero-order chi connectivity index (χ0) is 10.9. The van der Waals surface area contributed by atoms with Gasteiger partial charge in [-0.2, -0.15) is 0 Å². The van der Waals surface area contributed by atoms with Crippen molar-refractivity contribution >= 4 is 11.8 Å². The summed E-state index contributed by atoms with van der Waals surface area (Å²) in [4.78, 5) is 22.4. The molecule has 1 fully saturated rings. The highest BCUT2D eigenvalue weighted by molar-refractivity contribution is 5.89. The minimum atomic E-state index is -0.951. The Morgan fingerprint density at radius 1 is 1.21 bits per heavy atom. The molecule has 1 saturated heterocycles. The lowest BCUT2D eigenvalue weighted by molar-refractivity contribution is -0.168. The predicted molar refractivity (Wildman–Crippen MR) is 46.5 cm³/mol. The van der Waals surface area contributed by atoms with E-state index in [1.807, 2.05) is 0 Å². The first-order valence-corrected chi connectivity index (χ1v) is 4.31. The highest BCUT2D eigenvalue weighted by Gasteiger charge is 2.48. The predicted octanol–water partition coefficient (Wildman–Crippen LogP) is 0.268. The van der Waals surface area contributed by atoms with Crippen LogP contribution in [0, 0.1) is 0 Å². The van der Waals surface area contributed by atoms with Crippen molar-refractivity contribution in [3.63, 3.8) is 0 Å². The number of esters is 1. The molecule has 1 aliphatic rings. The van der Waals surface area contributed by atoms with Crippen LogP contribution in [0.15, 0.2) is 0 Å². The van der Waals surface area contributed by atoms with Gasteiger partial charge in [0.1, 0.15) is 0 Å². The first kappa shape index (κ1) is 11.1. The molecule has 2 unspecified atom stereocenters. The van der Waals surface area contributed by atoms with Crippen LogP contribution in [-0.2, 0) is 23.8 Å². The lowest BCUT2D eigenvalue weighted by Crippen LogP contribution is -2.36. The van der Waals surface area contributed by atoms with Gasteiger partial charge in [0.25, 0.3) is 0 Å². The fourth-order valence-electron chi connectivity index (χ4n) is 1.35. The summed E-state index contributed by atoms with van der Waals surface area (Å²) in [6, 6.07) is 0. The highest BCUT2D eigenvalue weighted by Crippen LogP contribution is 2.29. The van der Waals surface area contributed by atoms with Crippen LogP contribution in [0.25, 0.3) is 0 Å². The lowest BCUT2D eigenvalue weighted by Gasteiger charge is -2.15. The van der Waals surface area contributed by atoms with Gasteiger partial charge in [-0.15, -0.1) is 0 Å².